The Morgan fingerprint density at radius 1 is 0.538 bits per heavy atom. The van der Waals surface area contributed by atoms with Crippen LogP contribution in [0.15, 0.2) is 0 Å². The SMILES string of the molecule is [Ga+3].[Nd+3].[O-][Si]([O-])([O-])[O-].[O-][Si]([O-])([O-])[O-].[Sr+2]. The topological polar surface area (TPSA) is 184 Å². The van der Waals surface area contributed by atoms with Crippen molar-refractivity contribution in [3.05, 3.63) is 0 Å². The van der Waals surface area contributed by atoms with Crippen molar-refractivity contribution < 1.29 is 79.2 Å². The second-order valence-electron chi connectivity index (χ2n) is 1.00. The van der Waals surface area contributed by atoms with E-state index in [9.17, 15) is 0 Å². The monoisotopic (exact) mass is 483 g/mol. The largest absolute Gasteiger partial charge is 3.00 e. The third kappa shape index (κ3) is 224. The van der Waals surface area contributed by atoms with Crippen LogP contribution >= 0.6 is 0 Å². The van der Waals surface area contributed by atoms with E-state index in [1.54, 1.807) is 0 Å². The third-order valence-electron chi connectivity index (χ3n) is 0. The van der Waals surface area contributed by atoms with Gasteiger partial charge in [0.05, 0.1) is 0 Å². The summed E-state index contributed by atoms with van der Waals surface area (Å²) in [5.74, 6) is 0. The van der Waals surface area contributed by atoms with E-state index in [1.165, 1.54) is 0 Å². The summed E-state index contributed by atoms with van der Waals surface area (Å²) in [6.45, 7) is 0. The van der Waals surface area contributed by atoms with E-state index < -0.39 is 18.1 Å². The minimum absolute atomic E-state index is 0. The van der Waals surface area contributed by atoms with Gasteiger partial charge in [0.1, 0.15) is 0 Å². The van der Waals surface area contributed by atoms with Crippen LogP contribution in [0, 0.1) is 40.8 Å². The van der Waals surface area contributed by atoms with Crippen LogP contribution in [0.1, 0.15) is 0 Å². The zero-order valence-corrected chi connectivity index (χ0v) is 17.2. The zero-order chi connectivity index (χ0) is 9.00. The number of hydrogen-bond acceptors (Lipinski definition) is 8. The van der Waals surface area contributed by atoms with Crippen molar-refractivity contribution in [3.63, 3.8) is 0 Å². The van der Waals surface area contributed by atoms with Crippen LogP contribution in [0.4, 0.5) is 0 Å². The van der Waals surface area contributed by atoms with Gasteiger partial charge in [-0.05, 0) is 0 Å². The van der Waals surface area contributed by atoms with E-state index >= 15 is 0 Å². The molecule has 0 spiro atoms. The molecule has 0 aromatic carbocycles. The summed E-state index contributed by atoms with van der Waals surface area (Å²) >= 11 is 0. The standard InChI is InChI=1S/Ga.Nd.2O4Si.Sr/c;;2*1-5(2,3)4;/q2*+3;2*-4;+2. The molecule has 0 atom stereocenters. The second kappa shape index (κ2) is 13.6. The van der Waals surface area contributed by atoms with Crippen molar-refractivity contribution in [3.8, 4) is 0 Å². The molecule has 0 bridgehead atoms. The second-order valence-corrected chi connectivity index (χ2v) is 3.00. The van der Waals surface area contributed by atoms with Crippen LogP contribution in [-0.4, -0.2) is 83.4 Å². The minimum atomic E-state index is -5.61. The fourth-order valence-corrected chi connectivity index (χ4v) is 0. The molecule has 1 radical (unpaired) electrons. The molecule has 13 heteroatoms. The van der Waals surface area contributed by atoms with E-state index in [0.29, 0.717) is 0 Å². The van der Waals surface area contributed by atoms with E-state index in [-0.39, 0.29) is 106 Å². The average Bonchev–Trinajstić information content (AvgIpc) is 1.12. The number of rotatable bonds is 0. The third-order valence-corrected chi connectivity index (χ3v) is 0. The van der Waals surface area contributed by atoms with Gasteiger partial charge < -0.3 is 56.5 Å². The van der Waals surface area contributed by atoms with Gasteiger partial charge in [0.2, 0.25) is 0 Å². The van der Waals surface area contributed by atoms with Gasteiger partial charge in [-0.1, -0.05) is 0 Å². The summed E-state index contributed by atoms with van der Waals surface area (Å²) in [6, 6.07) is 0. The quantitative estimate of drug-likeness (QED) is 0.303. The minimum Gasteiger partial charge on any atom is -0.894 e. The Kier molecular flexibility index (Phi) is 31.5. The molecule has 0 aliphatic heterocycles. The molecule has 0 saturated heterocycles. The van der Waals surface area contributed by atoms with Crippen LogP contribution in [0.3, 0.4) is 0 Å². The van der Waals surface area contributed by atoms with Crippen molar-refractivity contribution in [2.75, 3.05) is 0 Å². The Labute approximate surface area is 159 Å². The van der Waals surface area contributed by atoms with Gasteiger partial charge in [0, 0.05) is 0 Å². The van der Waals surface area contributed by atoms with Crippen LogP contribution in [0.5, 0.6) is 0 Å². The van der Waals surface area contributed by atoms with Crippen molar-refractivity contribution in [2.45, 2.75) is 0 Å². The predicted molar refractivity (Wildman–Crippen MR) is 23.0 cm³/mol. The molecule has 0 aromatic heterocycles. The Morgan fingerprint density at radius 3 is 0.538 bits per heavy atom. The van der Waals surface area contributed by atoms with Crippen molar-refractivity contribution >= 4 is 83.4 Å². The molecule has 0 unspecified atom stereocenters. The van der Waals surface area contributed by atoms with Crippen LogP contribution in [-0.2, 0) is 0 Å². The zero-order valence-electron chi connectivity index (χ0n) is 6.05. The first-order valence-corrected chi connectivity index (χ1v) is 4.90. The van der Waals surface area contributed by atoms with Gasteiger partial charge >= 0.3 is 106 Å². The fourth-order valence-electron chi connectivity index (χ4n) is 0. The Bertz CT molecular complexity index is 65.1. The smallest absolute Gasteiger partial charge is 0.894 e. The molecular weight excluding hydrogens is 486 g/mol. The Hall–Kier alpha value is 3.58. The molecule has 0 heterocycles. The van der Waals surface area contributed by atoms with Crippen LogP contribution in [0.25, 0.3) is 0 Å². The molecule has 0 N–H and O–H groups in total. The first-order valence-electron chi connectivity index (χ1n) is 1.63. The summed E-state index contributed by atoms with van der Waals surface area (Å²) in [6.07, 6.45) is 0. The maximum atomic E-state index is 8.58. The van der Waals surface area contributed by atoms with Gasteiger partial charge in [-0.15, -0.1) is 0 Å². The molecular formula is GaNdO8Si2Sr. The normalized spacial score (nSPS) is 9.23. The van der Waals surface area contributed by atoms with Crippen molar-refractivity contribution in [1.29, 1.82) is 0 Å². The maximum absolute atomic E-state index is 8.58. The average molecular weight is 486 g/mol. The van der Waals surface area contributed by atoms with Crippen LogP contribution in [0.2, 0.25) is 0 Å². The molecule has 0 aliphatic carbocycles. The van der Waals surface area contributed by atoms with E-state index in [1.807, 2.05) is 0 Å². The van der Waals surface area contributed by atoms with Gasteiger partial charge in [-0.2, -0.15) is 0 Å². The van der Waals surface area contributed by atoms with Gasteiger partial charge in [0.15, 0.2) is 0 Å². The van der Waals surface area contributed by atoms with E-state index in [2.05, 4.69) is 0 Å². The summed E-state index contributed by atoms with van der Waals surface area (Å²) < 4.78 is 0. The Morgan fingerprint density at radius 2 is 0.538 bits per heavy atom. The summed E-state index contributed by atoms with van der Waals surface area (Å²) in [5, 5.41) is 0. The summed E-state index contributed by atoms with van der Waals surface area (Å²) in [7, 11) is -11.2. The van der Waals surface area contributed by atoms with Crippen LogP contribution < -0.4 is 38.4 Å². The molecule has 65 valence electrons. The number of hydrogen-bond donors (Lipinski definition) is 0. The first kappa shape index (κ1) is 30.0. The molecule has 0 aromatic rings. The van der Waals surface area contributed by atoms with E-state index in [4.69, 9.17) is 38.4 Å². The molecule has 8 nitrogen and oxygen atoms in total. The molecule has 0 saturated carbocycles. The first-order chi connectivity index (χ1) is 4.00. The van der Waals surface area contributed by atoms with E-state index in [0.717, 1.165) is 0 Å². The van der Waals surface area contributed by atoms with Gasteiger partial charge in [0.25, 0.3) is 0 Å². The molecule has 0 rings (SSSR count). The molecule has 0 amide bonds. The van der Waals surface area contributed by atoms with Crippen molar-refractivity contribution in [2.24, 2.45) is 0 Å². The summed E-state index contributed by atoms with van der Waals surface area (Å²) in [4.78, 5) is 68.6. The molecule has 13 heavy (non-hydrogen) atoms. The fraction of sp³-hybridized carbons (Fsp3) is 0. The maximum Gasteiger partial charge on any atom is 3.00 e. The van der Waals surface area contributed by atoms with Gasteiger partial charge in [-0.25, -0.2) is 0 Å². The molecule has 0 fully saturated rings. The van der Waals surface area contributed by atoms with Crippen molar-refractivity contribution in [1.82, 2.24) is 0 Å². The predicted octanol–water partition coefficient (Wildman–Crippen LogP) is -11.0. The van der Waals surface area contributed by atoms with Gasteiger partial charge in [-0.3, -0.25) is 0 Å². The summed E-state index contributed by atoms with van der Waals surface area (Å²) in [5.41, 5.74) is 0. The molecule has 0 aliphatic rings. The Balaban J connectivity index is -0.0000000267.